The molecule has 132 valence electrons. The van der Waals surface area contributed by atoms with Crippen LogP contribution in [0.3, 0.4) is 0 Å². The van der Waals surface area contributed by atoms with Crippen LogP contribution in [0.4, 0.5) is 0 Å². The summed E-state index contributed by atoms with van der Waals surface area (Å²) < 4.78 is 14.1. The number of piperidine rings is 1. The maximum atomic E-state index is 11.9. The van der Waals surface area contributed by atoms with Gasteiger partial charge in [0, 0.05) is 26.2 Å². The first-order chi connectivity index (χ1) is 11.6. The SMILES string of the molecule is CC(C)=CCN1CCC2(CCC(CNC(=O)c3cnsn3)O2)CC1. The summed E-state index contributed by atoms with van der Waals surface area (Å²) in [6, 6.07) is 0. The summed E-state index contributed by atoms with van der Waals surface area (Å²) in [7, 11) is 0. The van der Waals surface area contributed by atoms with Crippen molar-refractivity contribution in [3.8, 4) is 0 Å². The number of allylic oxidation sites excluding steroid dienone is 1. The number of amides is 1. The fraction of sp³-hybridized carbons (Fsp3) is 0.706. The van der Waals surface area contributed by atoms with Crippen LogP contribution in [0.25, 0.3) is 0 Å². The number of carbonyl (C=O) groups excluding carboxylic acids is 1. The Bertz CT molecular complexity index is 575. The summed E-state index contributed by atoms with van der Waals surface area (Å²) in [5.41, 5.74) is 1.79. The van der Waals surface area contributed by atoms with Crippen LogP contribution in [0.5, 0.6) is 0 Å². The predicted octanol–water partition coefficient (Wildman–Crippen LogP) is 2.25. The number of nitrogens with one attached hydrogen (secondary N) is 1. The third-order valence-corrected chi connectivity index (χ3v) is 5.43. The first-order valence-electron chi connectivity index (χ1n) is 8.66. The number of aromatic nitrogens is 2. The average Bonchev–Trinajstić information content (AvgIpc) is 3.23. The quantitative estimate of drug-likeness (QED) is 0.825. The Morgan fingerprint density at radius 1 is 1.46 bits per heavy atom. The number of hydrogen-bond donors (Lipinski definition) is 1. The summed E-state index contributed by atoms with van der Waals surface area (Å²) in [6.07, 6.45) is 8.20. The molecule has 2 fully saturated rings. The molecule has 0 radical (unpaired) electrons. The van der Waals surface area contributed by atoms with Crippen molar-refractivity contribution in [2.24, 2.45) is 0 Å². The van der Waals surface area contributed by atoms with Crippen molar-refractivity contribution in [1.29, 1.82) is 0 Å². The second kappa shape index (κ2) is 7.72. The van der Waals surface area contributed by atoms with Gasteiger partial charge in [0.25, 0.3) is 5.91 Å². The first kappa shape index (κ1) is 17.5. The highest BCUT2D eigenvalue weighted by atomic mass is 32.1. The highest BCUT2D eigenvalue weighted by Gasteiger charge is 2.42. The fourth-order valence-corrected chi connectivity index (χ4v) is 3.84. The van der Waals surface area contributed by atoms with Crippen LogP contribution in [-0.4, -0.2) is 57.4 Å². The summed E-state index contributed by atoms with van der Waals surface area (Å²) >= 11 is 1.05. The van der Waals surface area contributed by atoms with Gasteiger partial charge >= 0.3 is 0 Å². The predicted molar refractivity (Wildman–Crippen MR) is 94.2 cm³/mol. The topological polar surface area (TPSA) is 67.4 Å². The van der Waals surface area contributed by atoms with Gasteiger partial charge in [-0.25, -0.2) is 0 Å². The van der Waals surface area contributed by atoms with Gasteiger partial charge < -0.3 is 10.1 Å². The summed E-state index contributed by atoms with van der Waals surface area (Å²) in [5, 5.41) is 2.91. The first-order valence-corrected chi connectivity index (χ1v) is 9.39. The van der Waals surface area contributed by atoms with Crippen LogP contribution < -0.4 is 5.32 Å². The molecule has 1 unspecified atom stereocenters. The molecule has 6 nitrogen and oxygen atoms in total. The summed E-state index contributed by atoms with van der Waals surface area (Å²) in [5.74, 6) is -0.162. The van der Waals surface area contributed by atoms with Crippen LogP contribution >= 0.6 is 11.7 Å². The second-order valence-corrected chi connectivity index (χ2v) is 7.60. The van der Waals surface area contributed by atoms with Crippen molar-refractivity contribution in [2.75, 3.05) is 26.2 Å². The zero-order chi connectivity index (χ0) is 17.0. The molecule has 7 heteroatoms. The smallest absolute Gasteiger partial charge is 0.272 e. The Balaban J connectivity index is 1.42. The van der Waals surface area contributed by atoms with Crippen LogP contribution in [0.2, 0.25) is 0 Å². The Kier molecular flexibility index (Phi) is 5.63. The molecule has 3 rings (SSSR count). The number of ether oxygens (including phenoxy) is 1. The van der Waals surface area contributed by atoms with E-state index in [0.717, 1.165) is 57.0 Å². The molecule has 2 aliphatic rings. The largest absolute Gasteiger partial charge is 0.370 e. The van der Waals surface area contributed by atoms with Crippen molar-refractivity contribution < 1.29 is 9.53 Å². The third-order valence-electron chi connectivity index (χ3n) is 4.95. The zero-order valence-electron chi connectivity index (χ0n) is 14.5. The van der Waals surface area contributed by atoms with E-state index in [1.165, 1.54) is 11.8 Å². The molecular weight excluding hydrogens is 324 g/mol. The lowest BCUT2D eigenvalue weighted by atomic mass is 9.88. The minimum Gasteiger partial charge on any atom is -0.370 e. The molecule has 3 heterocycles. The minimum absolute atomic E-state index is 0.0268. The molecule has 0 bridgehead atoms. The van der Waals surface area contributed by atoms with Crippen LogP contribution in [-0.2, 0) is 4.74 Å². The van der Waals surface area contributed by atoms with E-state index >= 15 is 0 Å². The number of likely N-dealkylation sites (tertiary alicyclic amines) is 1. The van der Waals surface area contributed by atoms with E-state index < -0.39 is 0 Å². The van der Waals surface area contributed by atoms with E-state index in [0.29, 0.717) is 12.2 Å². The van der Waals surface area contributed by atoms with E-state index in [-0.39, 0.29) is 17.6 Å². The van der Waals surface area contributed by atoms with E-state index in [9.17, 15) is 4.79 Å². The molecule has 1 spiro atoms. The molecule has 0 saturated carbocycles. The van der Waals surface area contributed by atoms with E-state index in [1.54, 1.807) is 0 Å². The van der Waals surface area contributed by atoms with E-state index in [2.05, 4.69) is 38.9 Å². The van der Waals surface area contributed by atoms with Gasteiger partial charge in [-0.05, 0) is 39.5 Å². The van der Waals surface area contributed by atoms with Crippen LogP contribution in [0, 0.1) is 0 Å². The average molecular weight is 350 g/mol. The molecule has 1 aromatic rings. The van der Waals surface area contributed by atoms with Gasteiger partial charge in [0.1, 0.15) is 0 Å². The Labute approximate surface area is 147 Å². The lowest BCUT2D eigenvalue weighted by Crippen LogP contribution is -2.45. The van der Waals surface area contributed by atoms with Crippen molar-refractivity contribution in [3.63, 3.8) is 0 Å². The Hall–Kier alpha value is -1.31. The molecule has 24 heavy (non-hydrogen) atoms. The normalized spacial score (nSPS) is 23.3. The molecule has 1 atom stereocenters. The molecule has 2 saturated heterocycles. The fourth-order valence-electron chi connectivity index (χ4n) is 3.42. The maximum absolute atomic E-state index is 11.9. The standard InChI is InChI=1S/C17H26N4O2S/c1-13(2)4-8-21-9-6-17(7-10-21)5-3-14(23-17)11-18-16(22)15-12-19-24-20-15/h4,12,14H,3,5-11H2,1-2H3,(H,18,22). The molecule has 2 aliphatic heterocycles. The summed E-state index contributed by atoms with van der Waals surface area (Å²) in [4.78, 5) is 14.4. The minimum atomic E-state index is -0.162. The second-order valence-electron chi connectivity index (χ2n) is 7.05. The summed E-state index contributed by atoms with van der Waals surface area (Å²) in [6.45, 7) is 8.07. The highest BCUT2D eigenvalue weighted by Crippen LogP contribution is 2.38. The van der Waals surface area contributed by atoms with Crippen molar-refractivity contribution in [1.82, 2.24) is 19.0 Å². The van der Waals surface area contributed by atoms with E-state index in [4.69, 9.17) is 4.74 Å². The molecule has 0 aliphatic carbocycles. The number of hydrogen-bond acceptors (Lipinski definition) is 6. The van der Waals surface area contributed by atoms with Gasteiger partial charge in [0.15, 0.2) is 5.69 Å². The van der Waals surface area contributed by atoms with Gasteiger partial charge in [0.2, 0.25) is 0 Å². The molecule has 0 aromatic carbocycles. The third kappa shape index (κ3) is 4.40. The van der Waals surface area contributed by atoms with E-state index in [1.807, 2.05) is 0 Å². The zero-order valence-corrected chi connectivity index (χ0v) is 15.3. The Morgan fingerprint density at radius 3 is 2.92 bits per heavy atom. The highest BCUT2D eigenvalue weighted by molar-refractivity contribution is 6.99. The number of rotatable bonds is 5. The van der Waals surface area contributed by atoms with Crippen molar-refractivity contribution >= 4 is 17.6 Å². The Morgan fingerprint density at radius 2 is 2.25 bits per heavy atom. The van der Waals surface area contributed by atoms with Crippen molar-refractivity contribution in [3.05, 3.63) is 23.5 Å². The molecule has 1 N–H and O–H groups in total. The number of carbonyl (C=O) groups is 1. The van der Waals surface area contributed by atoms with Gasteiger partial charge in [-0.1, -0.05) is 11.6 Å². The van der Waals surface area contributed by atoms with Gasteiger partial charge in [0.05, 0.1) is 29.6 Å². The lowest BCUT2D eigenvalue weighted by molar-refractivity contribution is -0.0741. The lowest BCUT2D eigenvalue weighted by Gasteiger charge is -2.39. The monoisotopic (exact) mass is 350 g/mol. The molecule has 1 amide bonds. The van der Waals surface area contributed by atoms with Gasteiger partial charge in [-0.2, -0.15) is 8.75 Å². The van der Waals surface area contributed by atoms with Crippen LogP contribution in [0.15, 0.2) is 17.8 Å². The van der Waals surface area contributed by atoms with Gasteiger partial charge in [-0.3, -0.25) is 9.69 Å². The molecular formula is C17H26N4O2S. The van der Waals surface area contributed by atoms with Crippen LogP contribution in [0.1, 0.15) is 50.0 Å². The van der Waals surface area contributed by atoms with Gasteiger partial charge in [-0.15, -0.1) is 0 Å². The maximum Gasteiger partial charge on any atom is 0.272 e. The van der Waals surface area contributed by atoms with Crippen molar-refractivity contribution in [2.45, 2.75) is 51.2 Å². The molecule has 1 aromatic heterocycles. The number of nitrogens with zero attached hydrogens (tertiary/aromatic N) is 3.